The SMILES string of the molecule is CCn1nccc1C(N)c1cccnc1C. The molecule has 0 aliphatic rings. The van der Waals surface area contributed by atoms with E-state index in [2.05, 4.69) is 17.0 Å². The average Bonchev–Trinajstić information content (AvgIpc) is 2.77. The lowest BCUT2D eigenvalue weighted by Crippen LogP contribution is -2.18. The molecular weight excluding hydrogens is 200 g/mol. The number of pyridine rings is 1. The molecule has 0 aromatic carbocycles. The molecule has 0 bridgehead atoms. The topological polar surface area (TPSA) is 56.7 Å². The van der Waals surface area contributed by atoms with Crippen molar-refractivity contribution in [3.63, 3.8) is 0 Å². The van der Waals surface area contributed by atoms with Crippen molar-refractivity contribution in [2.45, 2.75) is 26.4 Å². The molecule has 4 heteroatoms. The molecule has 0 spiro atoms. The average molecular weight is 216 g/mol. The first-order valence-corrected chi connectivity index (χ1v) is 5.42. The molecule has 2 rings (SSSR count). The highest BCUT2D eigenvalue weighted by atomic mass is 15.3. The van der Waals surface area contributed by atoms with Crippen LogP contribution in [0.25, 0.3) is 0 Å². The van der Waals surface area contributed by atoms with Gasteiger partial charge in [-0.15, -0.1) is 0 Å². The largest absolute Gasteiger partial charge is 0.319 e. The summed E-state index contributed by atoms with van der Waals surface area (Å²) >= 11 is 0. The van der Waals surface area contributed by atoms with Crippen LogP contribution < -0.4 is 5.73 Å². The van der Waals surface area contributed by atoms with Crippen LogP contribution in [-0.2, 0) is 6.54 Å². The third-order valence-electron chi connectivity index (χ3n) is 2.75. The van der Waals surface area contributed by atoms with E-state index in [1.165, 1.54) is 0 Å². The third kappa shape index (κ3) is 1.84. The number of hydrogen-bond acceptors (Lipinski definition) is 3. The number of nitrogens with two attached hydrogens (primary N) is 1. The lowest BCUT2D eigenvalue weighted by atomic mass is 10.0. The van der Waals surface area contributed by atoms with Gasteiger partial charge in [0, 0.05) is 24.6 Å². The maximum Gasteiger partial charge on any atom is 0.0740 e. The van der Waals surface area contributed by atoms with E-state index in [1.54, 1.807) is 12.4 Å². The van der Waals surface area contributed by atoms with E-state index in [4.69, 9.17) is 5.73 Å². The Morgan fingerprint density at radius 3 is 2.88 bits per heavy atom. The van der Waals surface area contributed by atoms with Crippen molar-refractivity contribution in [2.24, 2.45) is 5.73 Å². The van der Waals surface area contributed by atoms with Gasteiger partial charge in [0.25, 0.3) is 0 Å². The Kier molecular flexibility index (Phi) is 3.01. The molecule has 16 heavy (non-hydrogen) atoms. The van der Waals surface area contributed by atoms with Crippen molar-refractivity contribution in [3.8, 4) is 0 Å². The smallest absolute Gasteiger partial charge is 0.0740 e. The Hall–Kier alpha value is -1.68. The van der Waals surface area contributed by atoms with E-state index in [-0.39, 0.29) is 6.04 Å². The van der Waals surface area contributed by atoms with Crippen molar-refractivity contribution in [1.29, 1.82) is 0 Å². The normalized spacial score (nSPS) is 12.7. The molecule has 0 saturated carbocycles. The van der Waals surface area contributed by atoms with Gasteiger partial charge in [0.2, 0.25) is 0 Å². The predicted molar refractivity (Wildman–Crippen MR) is 62.9 cm³/mol. The Labute approximate surface area is 95.1 Å². The van der Waals surface area contributed by atoms with E-state index in [0.717, 1.165) is 23.5 Å². The molecule has 0 fully saturated rings. The van der Waals surface area contributed by atoms with Crippen molar-refractivity contribution in [2.75, 3.05) is 0 Å². The molecule has 4 nitrogen and oxygen atoms in total. The summed E-state index contributed by atoms with van der Waals surface area (Å²) in [5, 5.41) is 4.23. The first-order chi connectivity index (χ1) is 7.74. The first kappa shape index (κ1) is 10.8. The zero-order valence-corrected chi connectivity index (χ0v) is 9.59. The van der Waals surface area contributed by atoms with E-state index in [0.29, 0.717) is 0 Å². The minimum Gasteiger partial charge on any atom is -0.319 e. The van der Waals surface area contributed by atoms with Gasteiger partial charge in [-0.2, -0.15) is 5.10 Å². The zero-order valence-electron chi connectivity index (χ0n) is 9.59. The minimum atomic E-state index is -0.156. The number of hydrogen-bond donors (Lipinski definition) is 1. The van der Waals surface area contributed by atoms with Crippen molar-refractivity contribution < 1.29 is 0 Å². The molecule has 0 aliphatic carbocycles. The van der Waals surface area contributed by atoms with Gasteiger partial charge < -0.3 is 5.73 Å². The van der Waals surface area contributed by atoms with Crippen LogP contribution in [-0.4, -0.2) is 14.8 Å². The fourth-order valence-electron chi connectivity index (χ4n) is 1.86. The third-order valence-corrected chi connectivity index (χ3v) is 2.75. The summed E-state index contributed by atoms with van der Waals surface area (Å²) < 4.78 is 1.91. The lowest BCUT2D eigenvalue weighted by Gasteiger charge is -2.15. The Morgan fingerprint density at radius 2 is 2.19 bits per heavy atom. The second-order valence-electron chi connectivity index (χ2n) is 3.73. The number of aryl methyl sites for hydroxylation is 2. The Bertz CT molecular complexity index is 475. The second kappa shape index (κ2) is 4.45. The highest BCUT2D eigenvalue weighted by Crippen LogP contribution is 2.20. The van der Waals surface area contributed by atoms with Crippen LogP contribution in [0.1, 0.15) is 29.9 Å². The van der Waals surface area contributed by atoms with E-state index < -0.39 is 0 Å². The summed E-state index contributed by atoms with van der Waals surface area (Å²) in [6.45, 7) is 4.86. The highest BCUT2D eigenvalue weighted by Gasteiger charge is 2.15. The fourth-order valence-corrected chi connectivity index (χ4v) is 1.86. The van der Waals surface area contributed by atoms with Gasteiger partial charge in [0.1, 0.15) is 0 Å². The van der Waals surface area contributed by atoms with Crippen molar-refractivity contribution in [1.82, 2.24) is 14.8 Å². The van der Waals surface area contributed by atoms with Crippen LogP contribution in [0.5, 0.6) is 0 Å². The standard InChI is InChI=1S/C12H16N4/c1-3-16-11(6-8-15-16)12(13)10-5-4-7-14-9(10)2/h4-8,12H,3,13H2,1-2H3. The summed E-state index contributed by atoms with van der Waals surface area (Å²) in [4.78, 5) is 4.26. The summed E-state index contributed by atoms with van der Waals surface area (Å²) in [6, 6.07) is 5.73. The molecule has 2 N–H and O–H groups in total. The molecule has 0 aliphatic heterocycles. The molecule has 1 atom stereocenters. The summed E-state index contributed by atoms with van der Waals surface area (Å²) in [6.07, 6.45) is 3.56. The number of nitrogens with zero attached hydrogens (tertiary/aromatic N) is 3. The fraction of sp³-hybridized carbons (Fsp3) is 0.333. The Balaban J connectivity index is 2.39. The first-order valence-electron chi connectivity index (χ1n) is 5.42. The molecule has 2 aromatic heterocycles. The molecule has 0 amide bonds. The van der Waals surface area contributed by atoms with Crippen LogP contribution in [0.2, 0.25) is 0 Å². The van der Waals surface area contributed by atoms with E-state index >= 15 is 0 Å². The summed E-state index contributed by atoms with van der Waals surface area (Å²) in [5.74, 6) is 0. The molecule has 2 aromatic rings. The van der Waals surface area contributed by atoms with Crippen LogP contribution in [0.4, 0.5) is 0 Å². The molecule has 0 saturated heterocycles. The maximum absolute atomic E-state index is 6.24. The number of rotatable bonds is 3. The van der Waals surface area contributed by atoms with Crippen molar-refractivity contribution in [3.05, 3.63) is 47.5 Å². The van der Waals surface area contributed by atoms with Crippen LogP contribution >= 0.6 is 0 Å². The zero-order chi connectivity index (χ0) is 11.5. The molecule has 2 heterocycles. The second-order valence-corrected chi connectivity index (χ2v) is 3.73. The van der Waals surface area contributed by atoms with Crippen LogP contribution in [0.15, 0.2) is 30.6 Å². The van der Waals surface area contributed by atoms with Gasteiger partial charge in [-0.25, -0.2) is 0 Å². The van der Waals surface area contributed by atoms with Crippen molar-refractivity contribution >= 4 is 0 Å². The van der Waals surface area contributed by atoms with Gasteiger partial charge in [0.05, 0.1) is 11.7 Å². The highest BCUT2D eigenvalue weighted by molar-refractivity contribution is 5.29. The lowest BCUT2D eigenvalue weighted by molar-refractivity contribution is 0.599. The summed E-state index contributed by atoms with van der Waals surface area (Å²) in [7, 11) is 0. The molecular formula is C12H16N4. The minimum absolute atomic E-state index is 0.156. The quantitative estimate of drug-likeness (QED) is 0.848. The molecule has 1 unspecified atom stereocenters. The van der Waals surface area contributed by atoms with Gasteiger partial charge in [-0.05, 0) is 31.5 Å². The Morgan fingerprint density at radius 1 is 1.38 bits per heavy atom. The van der Waals surface area contributed by atoms with Gasteiger partial charge in [-0.1, -0.05) is 6.07 Å². The van der Waals surface area contributed by atoms with Gasteiger partial charge in [-0.3, -0.25) is 9.67 Å². The van der Waals surface area contributed by atoms with Gasteiger partial charge in [0.15, 0.2) is 0 Å². The van der Waals surface area contributed by atoms with E-state index in [9.17, 15) is 0 Å². The van der Waals surface area contributed by atoms with Gasteiger partial charge >= 0.3 is 0 Å². The molecule has 84 valence electrons. The predicted octanol–water partition coefficient (Wildman–Crippen LogP) is 1.65. The van der Waals surface area contributed by atoms with E-state index in [1.807, 2.05) is 29.8 Å². The van der Waals surface area contributed by atoms with Crippen LogP contribution in [0.3, 0.4) is 0 Å². The number of aromatic nitrogens is 3. The molecule has 0 radical (unpaired) electrons. The summed E-state index contributed by atoms with van der Waals surface area (Å²) in [5.41, 5.74) is 9.29. The van der Waals surface area contributed by atoms with Crippen LogP contribution in [0, 0.1) is 6.92 Å². The monoisotopic (exact) mass is 216 g/mol. The maximum atomic E-state index is 6.24.